The van der Waals surface area contributed by atoms with Gasteiger partial charge in [-0.25, -0.2) is 0 Å². The molecule has 0 atom stereocenters. The van der Waals surface area contributed by atoms with Crippen molar-refractivity contribution < 1.29 is 18.3 Å². The molecule has 5 heteroatoms. The zero-order valence-corrected chi connectivity index (χ0v) is 9.65. The second-order valence-electron chi connectivity index (χ2n) is 4.30. The summed E-state index contributed by atoms with van der Waals surface area (Å²) < 4.78 is 37.2. The van der Waals surface area contributed by atoms with E-state index in [0.717, 1.165) is 6.07 Å². The van der Waals surface area contributed by atoms with E-state index in [4.69, 9.17) is 11.6 Å². The van der Waals surface area contributed by atoms with E-state index in [2.05, 4.69) is 0 Å². The summed E-state index contributed by atoms with van der Waals surface area (Å²) in [6.07, 6.45) is -4.19. The van der Waals surface area contributed by atoms with Gasteiger partial charge in [-0.15, -0.1) is 0 Å². The number of hydrogen-bond acceptors (Lipinski definition) is 1. The van der Waals surface area contributed by atoms with E-state index in [1.54, 1.807) is 13.8 Å². The first-order valence-electron chi connectivity index (χ1n) is 4.67. The molecule has 0 amide bonds. The summed E-state index contributed by atoms with van der Waals surface area (Å²) in [7, 11) is 0. The Morgan fingerprint density at radius 2 is 1.81 bits per heavy atom. The number of rotatable bonds is 2. The van der Waals surface area contributed by atoms with Crippen LogP contribution in [0.4, 0.5) is 13.2 Å². The van der Waals surface area contributed by atoms with E-state index in [-0.39, 0.29) is 11.4 Å². The number of halogens is 4. The molecule has 0 heterocycles. The number of hydrogen-bond donors (Lipinski definition) is 1. The van der Waals surface area contributed by atoms with Gasteiger partial charge in [0.25, 0.3) is 0 Å². The van der Waals surface area contributed by atoms with Crippen LogP contribution in [-0.4, -0.2) is 10.7 Å². The molecule has 1 rings (SSSR count). The van der Waals surface area contributed by atoms with Crippen LogP contribution in [0.1, 0.15) is 25.0 Å². The van der Waals surface area contributed by atoms with Gasteiger partial charge in [0.1, 0.15) is 0 Å². The molecule has 0 unspecified atom stereocenters. The van der Waals surface area contributed by atoms with E-state index < -0.39 is 17.3 Å². The summed E-state index contributed by atoms with van der Waals surface area (Å²) in [5, 5.41) is 9.19. The second-order valence-corrected chi connectivity index (χ2v) is 4.71. The predicted molar refractivity (Wildman–Crippen MR) is 56.5 cm³/mol. The Morgan fingerprint density at radius 1 is 1.25 bits per heavy atom. The molecule has 90 valence electrons. The van der Waals surface area contributed by atoms with Gasteiger partial charge < -0.3 is 5.11 Å². The zero-order chi connectivity index (χ0) is 12.6. The van der Waals surface area contributed by atoms with Crippen molar-refractivity contribution in [3.63, 3.8) is 0 Å². The first kappa shape index (κ1) is 13.3. The monoisotopic (exact) mass is 252 g/mol. The van der Waals surface area contributed by atoms with Gasteiger partial charge in [-0.1, -0.05) is 17.7 Å². The Balaban J connectivity index is 3.01. The fourth-order valence-corrected chi connectivity index (χ4v) is 1.71. The molecule has 0 saturated carbocycles. The van der Waals surface area contributed by atoms with Crippen LogP contribution in [0.5, 0.6) is 0 Å². The van der Waals surface area contributed by atoms with Gasteiger partial charge in [0, 0.05) is 6.42 Å². The van der Waals surface area contributed by atoms with E-state index >= 15 is 0 Å². The highest BCUT2D eigenvalue weighted by Crippen LogP contribution is 2.35. The maximum atomic E-state index is 12.4. The number of alkyl halides is 3. The molecule has 1 nitrogen and oxygen atoms in total. The molecule has 1 aromatic carbocycles. The summed E-state index contributed by atoms with van der Waals surface area (Å²) in [5.41, 5.74) is -1.25. The first-order chi connectivity index (χ1) is 7.09. The lowest BCUT2D eigenvalue weighted by Crippen LogP contribution is -2.21. The Kier molecular flexibility index (Phi) is 3.55. The van der Waals surface area contributed by atoms with Crippen LogP contribution in [0.3, 0.4) is 0 Å². The third kappa shape index (κ3) is 3.68. The van der Waals surface area contributed by atoms with Crippen LogP contribution < -0.4 is 0 Å². The van der Waals surface area contributed by atoms with Gasteiger partial charge in [0.15, 0.2) is 0 Å². The van der Waals surface area contributed by atoms with E-state index in [1.165, 1.54) is 12.1 Å². The molecular weight excluding hydrogens is 241 g/mol. The molecule has 16 heavy (non-hydrogen) atoms. The van der Waals surface area contributed by atoms with Crippen molar-refractivity contribution in [2.24, 2.45) is 0 Å². The van der Waals surface area contributed by atoms with Crippen molar-refractivity contribution in [1.29, 1.82) is 0 Å². The summed E-state index contributed by atoms with van der Waals surface area (Å²) in [6.45, 7) is 3.16. The number of benzene rings is 1. The van der Waals surface area contributed by atoms with Gasteiger partial charge >= 0.3 is 6.18 Å². The highest BCUT2D eigenvalue weighted by molar-refractivity contribution is 6.31. The molecule has 0 radical (unpaired) electrons. The molecule has 0 fully saturated rings. The molecule has 0 aliphatic rings. The van der Waals surface area contributed by atoms with Crippen molar-refractivity contribution in [1.82, 2.24) is 0 Å². The molecule has 0 spiro atoms. The Morgan fingerprint density at radius 3 is 2.19 bits per heavy atom. The fourth-order valence-electron chi connectivity index (χ4n) is 1.40. The minimum Gasteiger partial charge on any atom is -0.390 e. The van der Waals surface area contributed by atoms with Crippen molar-refractivity contribution >= 4 is 11.6 Å². The van der Waals surface area contributed by atoms with Crippen molar-refractivity contribution in [3.05, 3.63) is 34.3 Å². The Hall–Kier alpha value is -0.740. The topological polar surface area (TPSA) is 20.2 Å². The fraction of sp³-hybridized carbons (Fsp3) is 0.455. The average molecular weight is 253 g/mol. The minimum absolute atomic E-state index is 0.255. The van der Waals surface area contributed by atoms with Crippen LogP contribution >= 0.6 is 11.6 Å². The SMILES string of the molecule is CC(C)(O)Cc1ccc(C(F)(F)F)c(Cl)c1. The standard InChI is InChI=1S/C11H12ClF3O/c1-10(2,16)6-7-3-4-8(9(12)5-7)11(13,14)15/h3-5,16H,6H2,1-2H3. The maximum absolute atomic E-state index is 12.4. The third-order valence-corrected chi connectivity index (χ3v) is 2.29. The largest absolute Gasteiger partial charge is 0.417 e. The molecular formula is C11H12ClF3O. The van der Waals surface area contributed by atoms with Crippen LogP contribution in [0.15, 0.2) is 18.2 Å². The lowest BCUT2D eigenvalue weighted by atomic mass is 9.98. The van der Waals surface area contributed by atoms with Crippen molar-refractivity contribution in [2.75, 3.05) is 0 Å². The second kappa shape index (κ2) is 4.26. The summed E-state index contributed by atoms with van der Waals surface area (Å²) in [5.74, 6) is 0. The van der Waals surface area contributed by atoms with Gasteiger partial charge in [-0.2, -0.15) is 13.2 Å². The number of aliphatic hydroxyl groups is 1. The lowest BCUT2D eigenvalue weighted by molar-refractivity contribution is -0.137. The molecule has 0 aliphatic carbocycles. The summed E-state index contributed by atoms with van der Waals surface area (Å²) in [6, 6.07) is 3.50. The Labute approximate surface area is 96.9 Å². The van der Waals surface area contributed by atoms with Crippen molar-refractivity contribution in [2.45, 2.75) is 32.0 Å². The Bertz CT molecular complexity index is 380. The third-order valence-electron chi connectivity index (χ3n) is 1.98. The highest BCUT2D eigenvalue weighted by Gasteiger charge is 2.33. The van der Waals surface area contributed by atoms with Crippen molar-refractivity contribution in [3.8, 4) is 0 Å². The van der Waals surface area contributed by atoms with Gasteiger partial charge in [-0.3, -0.25) is 0 Å². The first-order valence-corrected chi connectivity index (χ1v) is 5.05. The van der Waals surface area contributed by atoms with E-state index in [1.807, 2.05) is 0 Å². The van der Waals surface area contributed by atoms with Crippen LogP contribution in [0, 0.1) is 0 Å². The van der Waals surface area contributed by atoms with Gasteiger partial charge in [0.2, 0.25) is 0 Å². The molecule has 1 aromatic rings. The average Bonchev–Trinajstić information content (AvgIpc) is 1.97. The van der Waals surface area contributed by atoms with E-state index in [0.29, 0.717) is 5.56 Å². The van der Waals surface area contributed by atoms with Crippen LogP contribution in [0.2, 0.25) is 5.02 Å². The summed E-state index contributed by atoms with van der Waals surface area (Å²) in [4.78, 5) is 0. The molecule has 0 aromatic heterocycles. The lowest BCUT2D eigenvalue weighted by Gasteiger charge is -2.18. The molecule has 0 bridgehead atoms. The molecule has 0 saturated heterocycles. The van der Waals surface area contributed by atoms with Gasteiger partial charge in [-0.05, 0) is 31.5 Å². The maximum Gasteiger partial charge on any atom is 0.417 e. The quantitative estimate of drug-likeness (QED) is 0.851. The molecule has 0 aliphatic heterocycles. The highest BCUT2D eigenvalue weighted by atomic mass is 35.5. The van der Waals surface area contributed by atoms with Crippen LogP contribution in [0.25, 0.3) is 0 Å². The minimum atomic E-state index is -4.44. The normalized spacial score (nSPS) is 12.9. The smallest absolute Gasteiger partial charge is 0.390 e. The van der Waals surface area contributed by atoms with Crippen LogP contribution in [-0.2, 0) is 12.6 Å². The van der Waals surface area contributed by atoms with Gasteiger partial charge in [0.05, 0.1) is 16.2 Å². The van der Waals surface area contributed by atoms with E-state index in [9.17, 15) is 18.3 Å². The summed E-state index contributed by atoms with van der Waals surface area (Å²) >= 11 is 5.54. The zero-order valence-electron chi connectivity index (χ0n) is 8.90. The predicted octanol–water partition coefficient (Wildman–Crippen LogP) is 3.67. The molecule has 1 N–H and O–H groups in total.